The number of hydrogen-bond acceptors (Lipinski definition) is 1. The Kier molecular flexibility index (Phi) is 3.51. The van der Waals surface area contributed by atoms with Crippen molar-refractivity contribution in [3.05, 3.63) is 53.6 Å². The Hall–Kier alpha value is -1.97. The van der Waals surface area contributed by atoms with Crippen LogP contribution in [0.2, 0.25) is 0 Å². The first-order valence-electron chi connectivity index (χ1n) is 5.78. The lowest BCUT2D eigenvalue weighted by Gasteiger charge is -2.11. The van der Waals surface area contributed by atoms with Crippen LogP contribution in [0.4, 0.5) is 13.2 Å². The molecule has 0 atom stereocenters. The van der Waals surface area contributed by atoms with Gasteiger partial charge in [0, 0.05) is 0 Å². The SMILES string of the molecule is Cc1ccc(C)c(-c2ccc(OC(F)(F)F)cc2)c1. The third kappa shape index (κ3) is 3.50. The van der Waals surface area contributed by atoms with Gasteiger partial charge in [-0.05, 0) is 42.7 Å². The zero-order valence-electron chi connectivity index (χ0n) is 10.6. The second kappa shape index (κ2) is 4.96. The monoisotopic (exact) mass is 266 g/mol. The van der Waals surface area contributed by atoms with Crippen LogP contribution in [0, 0.1) is 13.8 Å². The van der Waals surface area contributed by atoms with E-state index in [9.17, 15) is 13.2 Å². The van der Waals surface area contributed by atoms with Crippen LogP contribution in [0.3, 0.4) is 0 Å². The van der Waals surface area contributed by atoms with E-state index in [4.69, 9.17) is 0 Å². The molecule has 100 valence electrons. The van der Waals surface area contributed by atoms with E-state index in [2.05, 4.69) is 4.74 Å². The zero-order chi connectivity index (χ0) is 14.0. The number of aryl methyl sites for hydroxylation is 2. The van der Waals surface area contributed by atoms with Gasteiger partial charge in [0.2, 0.25) is 0 Å². The summed E-state index contributed by atoms with van der Waals surface area (Å²) >= 11 is 0. The summed E-state index contributed by atoms with van der Waals surface area (Å²) in [6.07, 6.45) is -4.65. The van der Waals surface area contributed by atoms with Crippen molar-refractivity contribution in [2.45, 2.75) is 20.2 Å². The van der Waals surface area contributed by atoms with Crippen LogP contribution in [0.5, 0.6) is 5.75 Å². The van der Waals surface area contributed by atoms with Crippen molar-refractivity contribution in [2.75, 3.05) is 0 Å². The fourth-order valence-corrected chi connectivity index (χ4v) is 1.88. The lowest BCUT2D eigenvalue weighted by Crippen LogP contribution is -2.16. The molecule has 0 aliphatic heterocycles. The van der Waals surface area contributed by atoms with Crippen LogP contribution in [0.25, 0.3) is 11.1 Å². The molecule has 0 saturated heterocycles. The molecule has 0 radical (unpaired) electrons. The minimum atomic E-state index is -4.65. The van der Waals surface area contributed by atoms with Crippen LogP contribution in [0.15, 0.2) is 42.5 Å². The summed E-state index contributed by atoms with van der Waals surface area (Å²) in [5.41, 5.74) is 4.07. The summed E-state index contributed by atoms with van der Waals surface area (Å²) in [5.74, 6) is -0.207. The third-order valence-electron chi connectivity index (χ3n) is 2.79. The maximum Gasteiger partial charge on any atom is 0.573 e. The van der Waals surface area contributed by atoms with Crippen LogP contribution in [0.1, 0.15) is 11.1 Å². The number of alkyl halides is 3. The standard InChI is InChI=1S/C15H13F3O/c1-10-3-4-11(2)14(9-10)12-5-7-13(8-6-12)19-15(16,17)18/h3-9H,1-2H3. The molecular formula is C15H13F3O. The molecule has 2 aromatic rings. The van der Waals surface area contributed by atoms with Gasteiger partial charge in [-0.15, -0.1) is 13.2 Å². The van der Waals surface area contributed by atoms with Gasteiger partial charge in [-0.3, -0.25) is 0 Å². The summed E-state index contributed by atoms with van der Waals surface area (Å²) in [6.45, 7) is 3.94. The first-order valence-corrected chi connectivity index (χ1v) is 5.78. The van der Waals surface area contributed by atoms with E-state index in [1.165, 1.54) is 12.1 Å². The maximum absolute atomic E-state index is 12.1. The van der Waals surface area contributed by atoms with Gasteiger partial charge in [0.25, 0.3) is 0 Å². The molecule has 0 amide bonds. The maximum atomic E-state index is 12.1. The van der Waals surface area contributed by atoms with Crippen LogP contribution < -0.4 is 4.74 Å². The first-order chi connectivity index (χ1) is 8.85. The highest BCUT2D eigenvalue weighted by Gasteiger charge is 2.30. The van der Waals surface area contributed by atoms with E-state index in [0.29, 0.717) is 0 Å². The molecule has 0 N–H and O–H groups in total. The highest BCUT2D eigenvalue weighted by molar-refractivity contribution is 5.68. The van der Waals surface area contributed by atoms with Gasteiger partial charge in [-0.1, -0.05) is 35.9 Å². The molecular weight excluding hydrogens is 253 g/mol. The van der Waals surface area contributed by atoms with E-state index in [-0.39, 0.29) is 5.75 Å². The van der Waals surface area contributed by atoms with Crippen LogP contribution >= 0.6 is 0 Å². The van der Waals surface area contributed by atoms with E-state index in [1.54, 1.807) is 12.1 Å². The fourth-order valence-electron chi connectivity index (χ4n) is 1.88. The lowest BCUT2D eigenvalue weighted by atomic mass is 9.98. The van der Waals surface area contributed by atoms with Crippen LogP contribution in [-0.4, -0.2) is 6.36 Å². The van der Waals surface area contributed by atoms with Gasteiger partial charge in [0.15, 0.2) is 0 Å². The van der Waals surface area contributed by atoms with Gasteiger partial charge in [-0.25, -0.2) is 0 Å². The van der Waals surface area contributed by atoms with E-state index >= 15 is 0 Å². The molecule has 0 heterocycles. The third-order valence-corrected chi connectivity index (χ3v) is 2.79. The number of halogens is 3. The average molecular weight is 266 g/mol. The Morgan fingerprint density at radius 1 is 0.895 bits per heavy atom. The smallest absolute Gasteiger partial charge is 0.406 e. The molecule has 1 nitrogen and oxygen atoms in total. The molecule has 0 unspecified atom stereocenters. The molecule has 0 bridgehead atoms. The molecule has 0 fully saturated rings. The molecule has 0 spiro atoms. The fraction of sp³-hybridized carbons (Fsp3) is 0.200. The Morgan fingerprint density at radius 2 is 1.53 bits per heavy atom. The molecule has 0 saturated carbocycles. The number of benzene rings is 2. The summed E-state index contributed by atoms with van der Waals surface area (Å²) in [4.78, 5) is 0. The van der Waals surface area contributed by atoms with Gasteiger partial charge in [0.1, 0.15) is 5.75 Å². The largest absolute Gasteiger partial charge is 0.573 e. The lowest BCUT2D eigenvalue weighted by molar-refractivity contribution is -0.274. The predicted molar refractivity (Wildman–Crippen MR) is 68.0 cm³/mol. The molecule has 4 heteroatoms. The highest BCUT2D eigenvalue weighted by Crippen LogP contribution is 2.28. The van der Waals surface area contributed by atoms with Gasteiger partial charge < -0.3 is 4.74 Å². The number of ether oxygens (including phenoxy) is 1. The highest BCUT2D eigenvalue weighted by atomic mass is 19.4. The van der Waals surface area contributed by atoms with Crippen molar-refractivity contribution in [1.82, 2.24) is 0 Å². The predicted octanol–water partition coefficient (Wildman–Crippen LogP) is 4.87. The quantitative estimate of drug-likeness (QED) is 0.753. The van der Waals surface area contributed by atoms with Crippen LogP contribution in [-0.2, 0) is 0 Å². The summed E-state index contributed by atoms with van der Waals surface area (Å²) in [7, 11) is 0. The van der Waals surface area contributed by atoms with Crippen molar-refractivity contribution < 1.29 is 17.9 Å². The molecule has 2 rings (SSSR count). The van der Waals surface area contributed by atoms with Crippen molar-refractivity contribution >= 4 is 0 Å². The van der Waals surface area contributed by atoms with Crippen molar-refractivity contribution in [2.24, 2.45) is 0 Å². The Bertz CT molecular complexity index is 571. The summed E-state index contributed by atoms with van der Waals surface area (Å²) in [6, 6.07) is 11.9. The number of hydrogen-bond donors (Lipinski definition) is 0. The summed E-state index contributed by atoms with van der Waals surface area (Å²) < 4.78 is 40.0. The minimum Gasteiger partial charge on any atom is -0.406 e. The minimum absolute atomic E-state index is 0.207. The topological polar surface area (TPSA) is 9.23 Å². The van der Waals surface area contributed by atoms with Gasteiger partial charge in [-0.2, -0.15) is 0 Å². The molecule has 0 aliphatic carbocycles. The molecule has 0 aromatic heterocycles. The van der Waals surface area contributed by atoms with Crippen molar-refractivity contribution in [3.8, 4) is 16.9 Å². The van der Waals surface area contributed by atoms with Crippen molar-refractivity contribution in [1.29, 1.82) is 0 Å². The second-order valence-corrected chi connectivity index (χ2v) is 4.39. The van der Waals surface area contributed by atoms with E-state index in [1.807, 2.05) is 32.0 Å². The average Bonchev–Trinajstić information content (AvgIpc) is 2.31. The van der Waals surface area contributed by atoms with Crippen molar-refractivity contribution in [3.63, 3.8) is 0 Å². The summed E-state index contributed by atoms with van der Waals surface area (Å²) in [5, 5.41) is 0. The Labute approximate surface area is 109 Å². The van der Waals surface area contributed by atoms with Gasteiger partial charge in [0.05, 0.1) is 0 Å². The normalized spacial score (nSPS) is 11.4. The van der Waals surface area contributed by atoms with E-state index in [0.717, 1.165) is 22.3 Å². The van der Waals surface area contributed by atoms with E-state index < -0.39 is 6.36 Å². The Morgan fingerprint density at radius 3 is 2.11 bits per heavy atom. The van der Waals surface area contributed by atoms with Gasteiger partial charge >= 0.3 is 6.36 Å². The molecule has 0 aliphatic rings. The molecule has 19 heavy (non-hydrogen) atoms. The number of rotatable bonds is 2. The second-order valence-electron chi connectivity index (χ2n) is 4.39. The Balaban J connectivity index is 2.30. The zero-order valence-corrected chi connectivity index (χ0v) is 10.6. The molecule has 2 aromatic carbocycles. The first kappa shape index (κ1) is 13.5.